The third-order valence-electron chi connectivity index (χ3n) is 2.37. The van der Waals surface area contributed by atoms with Crippen molar-refractivity contribution >= 4 is 21.4 Å². The molecule has 0 heterocycles. The van der Waals surface area contributed by atoms with Gasteiger partial charge >= 0.3 is 0 Å². The molecule has 98 valence electrons. The minimum Gasteiger partial charge on any atom is -0.325 e. The zero-order valence-electron chi connectivity index (χ0n) is 9.89. The molecule has 0 saturated carbocycles. The van der Waals surface area contributed by atoms with Crippen LogP contribution in [0.5, 0.6) is 0 Å². The lowest BCUT2D eigenvalue weighted by molar-refractivity contribution is -0.115. The Labute approximate surface area is 105 Å². The van der Waals surface area contributed by atoms with Crippen molar-refractivity contribution in [3.8, 4) is 0 Å². The summed E-state index contributed by atoms with van der Waals surface area (Å²) < 4.78 is 35.9. The summed E-state index contributed by atoms with van der Waals surface area (Å²) in [5, 5.41) is 1.23. The third kappa shape index (κ3) is 3.66. The van der Waals surface area contributed by atoms with E-state index in [0.717, 1.165) is 0 Å². The molecule has 0 aliphatic carbocycles. The zero-order chi connectivity index (χ0) is 13.8. The molecule has 0 saturated heterocycles. The number of nitrogens with one attached hydrogen (secondary N) is 1. The molecule has 1 rings (SSSR count). The van der Waals surface area contributed by atoms with Crippen LogP contribution in [-0.4, -0.2) is 25.3 Å². The minimum atomic E-state index is -3.54. The van der Waals surface area contributed by atoms with Crippen LogP contribution in [0.3, 0.4) is 0 Å². The van der Waals surface area contributed by atoms with Crippen LogP contribution in [0.4, 0.5) is 10.1 Å². The number of carbonyl (C=O) groups is 1. The van der Waals surface area contributed by atoms with E-state index in [1.54, 1.807) is 0 Å². The van der Waals surface area contributed by atoms with Gasteiger partial charge in [0.2, 0.25) is 5.91 Å². The lowest BCUT2D eigenvalue weighted by Gasteiger charge is -2.12. The molecule has 0 aromatic heterocycles. The van der Waals surface area contributed by atoms with Gasteiger partial charge < -0.3 is 5.32 Å². The summed E-state index contributed by atoms with van der Waals surface area (Å²) >= 11 is 0. The number of hydrogen-bond acceptors (Lipinski definition) is 3. The second-order valence-electron chi connectivity index (χ2n) is 3.76. The van der Waals surface area contributed by atoms with E-state index in [-0.39, 0.29) is 5.75 Å². The molecular weight excluding hydrogens is 257 g/mol. The minimum absolute atomic E-state index is 0.259. The highest BCUT2D eigenvalue weighted by atomic mass is 32.2. The van der Waals surface area contributed by atoms with Gasteiger partial charge in [0, 0.05) is 5.69 Å². The standard InChI is InChI=1S/C12H14FNO3S/c1-3-8-18(16,17)9(2)12(15)14-11-6-4-10(13)5-7-11/h3-7,9H,1,8H2,2H3,(H,14,15). The first-order chi connectivity index (χ1) is 8.36. The Bertz CT molecular complexity index is 537. The Morgan fingerprint density at radius 1 is 1.44 bits per heavy atom. The summed E-state index contributed by atoms with van der Waals surface area (Å²) in [5.41, 5.74) is 0.349. The van der Waals surface area contributed by atoms with Crippen LogP contribution < -0.4 is 5.32 Å². The number of benzene rings is 1. The van der Waals surface area contributed by atoms with Crippen molar-refractivity contribution in [2.45, 2.75) is 12.2 Å². The van der Waals surface area contributed by atoms with Gasteiger partial charge in [0.1, 0.15) is 11.1 Å². The van der Waals surface area contributed by atoms with Crippen LogP contribution in [0.1, 0.15) is 6.92 Å². The van der Waals surface area contributed by atoms with E-state index < -0.39 is 26.8 Å². The molecule has 1 atom stereocenters. The van der Waals surface area contributed by atoms with Gasteiger partial charge in [-0.1, -0.05) is 6.08 Å². The maximum Gasteiger partial charge on any atom is 0.242 e. The molecule has 4 nitrogen and oxygen atoms in total. The van der Waals surface area contributed by atoms with Crippen LogP contribution in [0.15, 0.2) is 36.9 Å². The quantitative estimate of drug-likeness (QED) is 0.830. The average molecular weight is 271 g/mol. The summed E-state index contributed by atoms with van der Waals surface area (Å²) in [6.07, 6.45) is 1.23. The number of anilines is 1. The molecule has 1 aromatic carbocycles. The molecule has 1 N–H and O–H groups in total. The molecule has 0 spiro atoms. The molecular formula is C12H14FNO3S. The van der Waals surface area contributed by atoms with Gasteiger partial charge in [-0.25, -0.2) is 12.8 Å². The van der Waals surface area contributed by atoms with Crippen molar-refractivity contribution in [1.29, 1.82) is 0 Å². The first kappa shape index (κ1) is 14.4. The Morgan fingerprint density at radius 3 is 2.50 bits per heavy atom. The monoisotopic (exact) mass is 271 g/mol. The maximum atomic E-state index is 12.7. The lowest BCUT2D eigenvalue weighted by Crippen LogP contribution is -2.33. The van der Waals surface area contributed by atoms with Gasteiger partial charge in [0.25, 0.3) is 0 Å². The van der Waals surface area contributed by atoms with E-state index in [0.29, 0.717) is 5.69 Å². The fraction of sp³-hybridized carbons (Fsp3) is 0.250. The van der Waals surface area contributed by atoms with E-state index in [1.165, 1.54) is 37.3 Å². The Morgan fingerprint density at radius 2 is 2.00 bits per heavy atom. The predicted molar refractivity (Wildman–Crippen MR) is 68.5 cm³/mol. The van der Waals surface area contributed by atoms with Gasteiger partial charge in [-0.2, -0.15) is 0 Å². The Hall–Kier alpha value is -1.69. The van der Waals surface area contributed by atoms with Crippen molar-refractivity contribution in [3.63, 3.8) is 0 Å². The molecule has 18 heavy (non-hydrogen) atoms. The molecule has 0 fully saturated rings. The number of carbonyl (C=O) groups excluding carboxylic acids is 1. The molecule has 1 amide bonds. The van der Waals surface area contributed by atoms with Gasteiger partial charge in [-0.05, 0) is 31.2 Å². The maximum absolute atomic E-state index is 12.7. The largest absolute Gasteiger partial charge is 0.325 e. The van der Waals surface area contributed by atoms with Crippen LogP contribution in [0.25, 0.3) is 0 Å². The fourth-order valence-corrected chi connectivity index (χ4v) is 2.25. The number of hydrogen-bond donors (Lipinski definition) is 1. The van der Waals surface area contributed by atoms with Gasteiger partial charge in [0.05, 0.1) is 5.75 Å². The fourth-order valence-electron chi connectivity index (χ4n) is 1.25. The van der Waals surface area contributed by atoms with Crippen LogP contribution in [0.2, 0.25) is 0 Å². The molecule has 0 aliphatic rings. The first-order valence-electron chi connectivity index (χ1n) is 5.25. The van der Waals surface area contributed by atoms with Gasteiger partial charge in [0.15, 0.2) is 9.84 Å². The zero-order valence-corrected chi connectivity index (χ0v) is 10.7. The molecule has 0 radical (unpaired) electrons. The van der Waals surface area contributed by atoms with Crippen LogP contribution >= 0.6 is 0 Å². The van der Waals surface area contributed by atoms with Crippen LogP contribution in [0, 0.1) is 5.82 Å². The summed E-state index contributed by atoms with van der Waals surface area (Å²) in [6.45, 7) is 4.63. The highest BCUT2D eigenvalue weighted by molar-refractivity contribution is 7.92. The van der Waals surface area contributed by atoms with Crippen molar-refractivity contribution in [2.24, 2.45) is 0 Å². The van der Waals surface area contributed by atoms with E-state index >= 15 is 0 Å². The Kier molecular flexibility index (Phi) is 4.61. The number of halogens is 1. The average Bonchev–Trinajstić information content (AvgIpc) is 2.31. The first-order valence-corrected chi connectivity index (χ1v) is 6.97. The molecule has 0 bridgehead atoms. The second kappa shape index (κ2) is 5.77. The van der Waals surface area contributed by atoms with Gasteiger partial charge in [-0.15, -0.1) is 6.58 Å². The van der Waals surface area contributed by atoms with Gasteiger partial charge in [-0.3, -0.25) is 4.79 Å². The second-order valence-corrected chi connectivity index (χ2v) is 6.12. The highest BCUT2D eigenvalue weighted by Crippen LogP contribution is 2.11. The smallest absolute Gasteiger partial charge is 0.242 e. The molecule has 1 aromatic rings. The highest BCUT2D eigenvalue weighted by Gasteiger charge is 2.26. The molecule has 0 aliphatic heterocycles. The van der Waals surface area contributed by atoms with E-state index in [1.807, 2.05) is 0 Å². The van der Waals surface area contributed by atoms with E-state index in [9.17, 15) is 17.6 Å². The van der Waals surface area contributed by atoms with Crippen molar-refractivity contribution in [2.75, 3.05) is 11.1 Å². The van der Waals surface area contributed by atoms with Crippen molar-refractivity contribution < 1.29 is 17.6 Å². The summed E-state index contributed by atoms with van der Waals surface area (Å²) in [5.74, 6) is -1.34. The SMILES string of the molecule is C=CCS(=O)(=O)C(C)C(=O)Nc1ccc(F)cc1. The van der Waals surface area contributed by atoms with E-state index in [4.69, 9.17) is 0 Å². The predicted octanol–water partition coefficient (Wildman–Crippen LogP) is 1.75. The summed E-state index contributed by atoms with van der Waals surface area (Å²) in [6, 6.07) is 5.08. The number of sulfone groups is 1. The molecule has 1 unspecified atom stereocenters. The van der Waals surface area contributed by atoms with E-state index in [2.05, 4.69) is 11.9 Å². The summed E-state index contributed by atoms with van der Waals surface area (Å²) in [4.78, 5) is 11.7. The van der Waals surface area contributed by atoms with Crippen LogP contribution in [-0.2, 0) is 14.6 Å². The lowest BCUT2D eigenvalue weighted by atomic mass is 10.3. The third-order valence-corrected chi connectivity index (χ3v) is 4.36. The topological polar surface area (TPSA) is 63.2 Å². The van der Waals surface area contributed by atoms with Crippen molar-refractivity contribution in [1.82, 2.24) is 0 Å². The Balaban J connectivity index is 2.77. The summed E-state index contributed by atoms with van der Waals surface area (Å²) in [7, 11) is -3.54. The molecule has 6 heteroatoms. The normalized spacial score (nSPS) is 12.8. The number of amides is 1. The van der Waals surface area contributed by atoms with Crippen molar-refractivity contribution in [3.05, 3.63) is 42.7 Å². The number of rotatable bonds is 5.